The second kappa shape index (κ2) is 9.49. The zero-order valence-corrected chi connectivity index (χ0v) is 21.9. The van der Waals surface area contributed by atoms with Crippen molar-refractivity contribution in [1.29, 1.82) is 0 Å². The van der Waals surface area contributed by atoms with Crippen LogP contribution in [0.3, 0.4) is 0 Å². The number of benzene rings is 2. The minimum Gasteiger partial charge on any atom is -0.444 e. The summed E-state index contributed by atoms with van der Waals surface area (Å²) in [6.45, 7) is 8.52. The van der Waals surface area contributed by atoms with Crippen LogP contribution in [0.15, 0.2) is 48.5 Å². The van der Waals surface area contributed by atoms with E-state index in [1.165, 1.54) is 5.56 Å². The standard InChI is InChI=1S/C17H22N2O3.C12H14N2O/c1-16(2,3)22-15(21)19-10-8-17(9-11-19)12-6-4-5-7-13(12)18-14(17)20;15-11-12(5-7-13-8-6-12)9-3-1-2-4-10(9)14-11/h4-7H,8-11H2,1-3H3,(H,18,20);1-4,13H,5-8H2,(H,14,15). The Morgan fingerprint density at radius 3 is 1.73 bits per heavy atom. The van der Waals surface area contributed by atoms with E-state index in [1.807, 2.05) is 63.2 Å². The summed E-state index contributed by atoms with van der Waals surface area (Å²) in [5.41, 5.74) is 2.92. The molecule has 0 atom stereocenters. The number of anilines is 2. The highest BCUT2D eigenvalue weighted by Gasteiger charge is 2.49. The number of carbonyl (C=O) groups excluding carboxylic acids is 3. The number of likely N-dealkylation sites (tertiary alicyclic amines) is 1. The Morgan fingerprint density at radius 2 is 1.24 bits per heavy atom. The van der Waals surface area contributed by atoms with Crippen LogP contribution in [0.2, 0.25) is 0 Å². The lowest BCUT2D eigenvalue weighted by atomic mass is 9.74. The summed E-state index contributed by atoms with van der Waals surface area (Å²) in [7, 11) is 0. The van der Waals surface area contributed by atoms with E-state index >= 15 is 0 Å². The van der Waals surface area contributed by atoms with Gasteiger partial charge in [-0.2, -0.15) is 0 Å². The van der Waals surface area contributed by atoms with Gasteiger partial charge in [-0.05, 0) is 82.8 Å². The van der Waals surface area contributed by atoms with Gasteiger partial charge in [0.2, 0.25) is 11.8 Å². The fourth-order valence-corrected chi connectivity index (χ4v) is 5.99. The van der Waals surface area contributed by atoms with Gasteiger partial charge in [0.15, 0.2) is 0 Å². The average molecular weight is 505 g/mol. The molecule has 0 unspecified atom stereocenters. The molecule has 3 N–H and O–H groups in total. The highest BCUT2D eigenvalue weighted by Crippen LogP contribution is 2.45. The number of hydrogen-bond acceptors (Lipinski definition) is 5. The number of para-hydroxylation sites is 2. The van der Waals surface area contributed by atoms with E-state index < -0.39 is 11.0 Å². The van der Waals surface area contributed by atoms with Gasteiger partial charge in [0.05, 0.1) is 10.8 Å². The molecule has 37 heavy (non-hydrogen) atoms. The lowest BCUT2D eigenvalue weighted by Gasteiger charge is -2.38. The van der Waals surface area contributed by atoms with Gasteiger partial charge in [0.25, 0.3) is 0 Å². The van der Waals surface area contributed by atoms with E-state index in [0.29, 0.717) is 25.9 Å². The molecule has 2 aromatic rings. The minimum absolute atomic E-state index is 0.0533. The van der Waals surface area contributed by atoms with Crippen LogP contribution in [-0.4, -0.2) is 54.6 Å². The SMILES string of the molecule is CC(C)(C)OC(=O)N1CCC2(CC1)C(=O)Nc1ccccc12.O=C1Nc2ccccc2C12CCNCC2. The third-order valence-corrected chi connectivity index (χ3v) is 7.98. The summed E-state index contributed by atoms with van der Waals surface area (Å²) < 4.78 is 5.41. The Balaban J connectivity index is 0.000000162. The van der Waals surface area contributed by atoms with Crippen molar-refractivity contribution < 1.29 is 19.1 Å². The molecule has 2 saturated heterocycles. The quantitative estimate of drug-likeness (QED) is 0.500. The summed E-state index contributed by atoms with van der Waals surface area (Å²) in [6, 6.07) is 15.9. The van der Waals surface area contributed by atoms with Crippen molar-refractivity contribution in [3.05, 3.63) is 59.7 Å². The number of amides is 3. The van der Waals surface area contributed by atoms with Gasteiger partial charge >= 0.3 is 6.09 Å². The molecule has 4 aliphatic heterocycles. The molecule has 0 radical (unpaired) electrons. The molecule has 2 fully saturated rings. The number of piperidine rings is 2. The van der Waals surface area contributed by atoms with Crippen LogP contribution in [-0.2, 0) is 25.2 Å². The topological polar surface area (TPSA) is 99.8 Å². The van der Waals surface area contributed by atoms with Crippen LogP contribution < -0.4 is 16.0 Å². The van der Waals surface area contributed by atoms with Crippen molar-refractivity contribution in [3.63, 3.8) is 0 Å². The molecule has 2 aromatic carbocycles. The van der Waals surface area contributed by atoms with E-state index in [-0.39, 0.29) is 23.3 Å². The van der Waals surface area contributed by atoms with Crippen molar-refractivity contribution in [2.24, 2.45) is 0 Å². The van der Waals surface area contributed by atoms with Crippen LogP contribution in [0, 0.1) is 0 Å². The van der Waals surface area contributed by atoms with Crippen molar-refractivity contribution >= 4 is 29.3 Å². The smallest absolute Gasteiger partial charge is 0.410 e. The van der Waals surface area contributed by atoms with Gasteiger partial charge in [-0.25, -0.2) is 4.79 Å². The number of carbonyl (C=O) groups is 3. The minimum atomic E-state index is -0.496. The van der Waals surface area contributed by atoms with E-state index in [9.17, 15) is 14.4 Å². The highest BCUT2D eigenvalue weighted by molar-refractivity contribution is 6.07. The number of hydrogen-bond donors (Lipinski definition) is 3. The van der Waals surface area contributed by atoms with Crippen molar-refractivity contribution in [2.45, 2.75) is 62.9 Å². The van der Waals surface area contributed by atoms with Crippen molar-refractivity contribution in [3.8, 4) is 0 Å². The molecule has 6 rings (SSSR count). The van der Waals surface area contributed by atoms with Gasteiger partial charge in [0.1, 0.15) is 5.60 Å². The summed E-state index contributed by atoms with van der Waals surface area (Å²) >= 11 is 0. The molecule has 3 amide bonds. The third kappa shape index (κ3) is 4.59. The predicted octanol–water partition coefficient (Wildman–Crippen LogP) is 4.17. The first-order chi connectivity index (χ1) is 17.6. The molecule has 8 heteroatoms. The first kappa shape index (κ1) is 25.3. The predicted molar refractivity (Wildman–Crippen MR) is 143 cm³/mol. The van der Waals surface area contributed by atoms with E-state index in [1.54, 1.807) is 4.90 Å². The number of ether oxygens (including phenoxy) is 1. The second-order valence-electron chi connectivity index (χ2n) is 11.4. The van der Waals surface area contributed by atoms with Gasteiger partial charge < -0.3 is 25.6 Å². The van der Waals surface area contributed by atoms with Crippen molar-refractivity contribution in [2.75, 3.05) is 36.8 Å². The van der Waals surface area contributed by atoms with Crippen LogP contribution in [0.4, 0.5) is 16.2 Å². The number of fused-ring (bicyclic) bond motifs is 4. The Hall–Kier alpha value is -3.39. The van der Waals surface area contributed by atoms with Crippen molar-refractivity contribution in [1.82, 2.24) is 10.2 Å². The zero-order valence-electron chi connectivity index (χ0n) is 21.9. The van der Waals surface area contributed by atoms with Gasteiger partial charge in [-0.1, -0.05) is 36.4 Å². The molecule has 4 heterocycles. The highest BCUT2D eigenvalue weighted by atomic mass is 16.6. The molecule has 0 bridgehead atoms. The van der Waals surface area contributed by atoms with Crippen LogP contribution >= 0.6 is 0 Å². The fraction of sp³-hybridized carbons (Fsp3) is 0.483. The van der Waals surface area contributed by atoms with E-state index in [4.69, 9.17) is 4.74 Å². The van der Waals surface area contributed by atoms with Crippen LogP contribution in [0.1, 0.15) is 57.6 Å². The molecule has 0 aromatic heterocycles. The third-order valence-electron chi connectivity index (χ3n) is 7.98. The number of rotatable bonds is 0. The van der Waals surface area contributed by atoms with E-state index in [2.05, 4.69) is 22.0 Å². The van der Waals surface area contributed by atoms with Crippen LogP contribution in [0.5, 0.6) is 0 Å². The summed E-state index contributed by atoms with van der Waals surface area (Å²) in [5, 5.41) is 9.27. The molecule has 2 spiro atoms. The monoisotopic (exact) mass is 504 g/mol. The molecular formula is C29H36N4O4. The molecule has 8 nitrogen and oxygen atoms in total. The fourth-order valence-electron chi connectivity index (χ4n) is 5.99. The zero-order chi connectivity index (χ0) is 26.3. The Kier molecular flexibility index (Phi) is 6.48. The van der Waals surface area contributed by atoms with Crippen LogP contribution in [0.25, 0.3) is 0 Å². The second-order valence-corrected chi connectivity index (χ2v) is 11.4. The molecule has 0 saturated carbocycles. The maximum atomic E-state index is 12.5. The summed E-state index contributed by atoms with van der Waals surface area (Å²) in [6.07, 6.45) is 2.80. The van der Waals surface area contributed by atoms with E-state index in [0.717, 1.165) is 42.9 Å². The Bertz CT molecular complexity index is 1200. The largest absolute Gasteiger partial charge is 0.444 e. The Labute approximate surface area is 218 Å². The van der Waals surface area contributed by atoms with Gasteiger partial charge in [0, 0.05) is 24.5 Å². The van der Waals surface area contributed by atoms with Gasteiger partial charge in [-0.3, -0.25) is 9.59 Å². The lowest BCUT2D eigenvalue weighted by molar-refractivity contribution is -0.123. The first-order valence-electron chi connectivity index (χ1n) is 13.2. The number of nitrogens with one attached hydrogen (secondary N) is 3. The number of nitrogens with zero attached hydrogens (tertiary/aromatic N) is 1. The average Bonchev–Trinajstić information content (AvgIpc) is 3.30. The molecular weight excluding hydrogens is 468 g/mol. The maximum Gasteiger partial charge on any atom is 0.410 e. The summed E-state index contributed by atoms with van der Waals surface area (Å²) in [5.74, 6) is 0.239. The Morgan fingerprint density at radius 1 is 0.784 bits per heavy atom. The van der Waals surface area contributed by atoms with Gasteiger partial charge in [-0.15, -0.1) is 0 Å². The molecule has 0 aliphatic carbocycles. The molecule has 196 valence electrons. The maximum absolute atomic E-state index is 12.5. The first-order valence-corrected chi connectivity index (χ1v) is 13.2. The normalized spacial score (nSPS) is 20.9. The molecule has 4 aliphatic rings. The summed E-state index contributed by atoms with van der Waals surface area (Å²) in [4.78, 5) is 38.4. The lowest BCUT2D eigenvalue weighted by Crippen LogP contribution is -2.49.